The Bertz CT molecular complexity index is 1610. The highest BCUT2D eigenvalue weighted by molar-refractivity contribution is 6.22. The summed E-state index contributed by atoms with van der Waals surface area (Å²) in [5, 5.41) is 22.8. The van der Waals surface area contributed by atoms with Crippen molar-refractivity contribution in [3.63, 3.8) is 0 Å². The maximum atomic E-state index is 12.6. The molecule has 5 rings (SSSR count). The third-order valence-electron chi connectivity index (χ3n) is 6.78. The molecule has 1 aromatic heterocycles. The van der Waals surface area contributed by atoms with Crippen molar-refractivity contribution < 1.29 is 24.6 Å². The van der Waals surface area contributed by atoms with E-state index in [1.54, 1.807) is 36.2 Å². The second kappa shape index (κ2) is 11.2. The first-order chi connectivity index (χ1) is 19.2. The predicted octanol–water partition coefficient (Wildman–Crippen LogP) is 4.73. The number of benzene rings is 3. The fourth-order valence-corrected chi connectivity index (χ4v) is 4.54. The number of hydrogen-bond donors (Lipinski definition) is 2. The van der Waals surface area contributed by atoms with Gasteiger partial charge >= 0.3 is 0 Å². The molecule has 11 heteroatoms. The molecule has 11 nitrogen and oxygen atoms in total. The number of carbonyl (C=O) groups excluding carboxylic acids is 1. The number of anilines is 1. The molecule has 0 unspecified atom stereocenters. The Hall–Kier alpha value is -4.74. The first-order valence-corrected chi connectivity index (χ1v) is 12.7. The number of aliphatic imine (C=N–C) groups is 1. The lowest BCUT2D eigenvalue weighted by atomic mass is 9.98. The van der Waals surface area contributed by atoms with Gasteiger partial charge in [0.05, 0.1) is 34.0 Å². The van der Waals surface area contributed by atoms with Crippen molar-refractivity contribution in [3.8, 4) is 11.6 Å². The van der Waals surface area contributed by atoms with Crippen LogP contribution in [0.3, 0.4) is 0 Å². The van der Waals surface area contributed by atoms with Crippen LogP contribution in [0.15, 0.2) is 65.7 Å². The third-order valence-corrected chi connectivity index (χ3v) is 6.78. The number of aromatic nitrogens is 1. The molecule has 1 aliphatic rings. The lowest BCUT2D eigenvalue weighted by Gasteiger charge is -2.19. The van der Waals surface area contributed by atoms with Crippen molar-refractivity contribution in [3.05, 3.63) is 87.5 Å². The Morgan fingerprint density at radius 3 is 2.60 bits per heavy atom. The molecule has 0 atom stereocenters. The number of H-pyrrole nitrogens is 1. The highest BCUT2D eigenvalue weighted by atomic mass is 17.2. The van der Waals surface area contributed by atoms with Gasteiger partial charge in [0.15, 0.2) is 11.6 Å². The van der Waals surface area contributed by atoms with E-state index in [0.717, 1.165) is 11.3 Å². The van der Waals surface area contributed by atoms with Crippen molar-refractivity contribution in [2.75, 3.05) is 39.2 Å². The number of nitro groups is 1. The number of aromatic hydroxyl groups is 1. The molecule has 0 fully saturated rings. The highest BCUT2D eigenvalue weighted by Crippen LogP contribution is 2.35. The fraction of sp³-hybridized carbons (Fsp3) is 0.241. The van der Waals surface area contributed by atoms with Gasteiger partial charge in [0.2, 0.25) is 5.91 Å². The van der Waals surface area contributed by atoms with E-state index in [9.17, 15) is 20.0 Å². The lowest BCUT2D eigenvalue weighted by Crippen LogP contribution is -2.29. The number of hydrogen-bond acceptors (Lipinski definition) is 8. The van der Waals surface area contributed by atoms with Crippen LogP contribution in [0.1, 0.15) is 23.1 Å². The van der Waals surface area contributed by atoms with E-state index in [1.165, 1.54) is 12.1 Å². The van der Waals surface area contributed by atoms with Gasteiger partial charge in [0.25, 0.3) is 5.69 Å². The SMILES string of the molecule is CN(C)CCC(=O)N(C)c1ccc(N=C(c2ccc3c(c2)OOCC3)c2c(O)[nH]c3cc([N+](=O)[O-])ccc23)cc1. The zero-order chi connectivity index (χ0) is 28.4. The molecule has 4 aromatic rings. The summed E-state index contributed by atoms with van der Waals surface area (Å²) in [6, 6.07) is 17.2. The molecule has 0 spiro atoms. The van der Waals surface area contributed by atoms with E-state index in [1.807, 2.05) is 43.3 Å². The van der Waals surface area contributed by atoms with Gasteiger partial charge in [0.1, 0.15) is 0 Å². The minimum absolute atomic E-state index is 0.000253. The second-order valence-corrected chi connectivity index (χ2v) is 9.80. The molecule has 1 aliphatic heterocycles. The van der Waals surface area contributed by atoms with Crippen LogP contribution in [0.4, 0.5) is 17.1 Å². The van der Waals surface area contributed by atoms with Crippen LogP contribution in [0.5, 0.6) is 11.6 Å². The van der Waals surface area contributed by atoms with Gasteiger partial charge in [0, 0.05) is 60.8 Å². The Morgan fingerprint density at radius 1 is 1.10 bits per heavy atom. The zero-order valence-corrected chi connectivity index (χ0v) is 22.4. The summed E-state index contributed by atoms with van der Waals surface area (Å²) in [5.74, 6) is 0.381. The maximum Gasteiger partial charge on any atom is 0.271 e. The average molecular weight is 544 g/mol. The van der Waals surface area contributed by atoms with E-state index >= 15 is 0 Å². The number of amides is 1. The van der Waals surface area contributed by atoms with Crippen LogP contribution in [0.25, 0.3) is 10.9 Å². The van der Waals surface area contributed by atoms with Crippen LogP contribution in [-0.2, 0) is 16.1 Å². The number of nitro benzene ring substituents is 1. The summed E-state index contributed by atoms with van der Waals surface area (Å²) < 4.78 is 0. The molecular formula is C29H29N5O6. The van der Waals surface area contributed by atoms with E-state index in [-0.39, 0.29) is 17.5 Å². The smallest absolute Gasteiger partial charge is 0.271 e. The van der Waals surface area contributed by atoms with Gasteiger partial charge < -0.3 is 24.8 Å². The minimum atomic E-state index is -0.489. The van der Waals surface area contributed by atoms with Gasteiger partial charge in [-0.1, -0.05) is 12.1 Å². The summed E-state index contributed by atoms with van der Waals surface area (Å²) in [6.07, 6.45) is 1.10. The van der Waals surface area contributed by atoms with Gasteiger partial charge in [-0.25, -0.2) is 4.99 Å². The molecule has 0 radical (unpaired) electrons. The quantitative estimate of drug-likeness (QED) is 0.142. The number of fused-ring (bicyclic) bond motifs is 2. The average Bonchev–Trinajstić information content (AvgIpc) is 3.28. The maximum absolute atomic E-state index is 12.6. The normalized spacial score (nSPS) is 13.2. The van der Waals surface area contributed by atoms with Crippen LogP contribution in [-0.4, -0.2) is 65.8 Å². The van der Waals surface area contributed by atoms with Gasteiger partial charge in [-0.3, -0.25) is 14.9 Å². The molecule has 206 valence electrons. The zero-order valence-electron chi connectivity index (χ0n) is 22.4. The molecule has 2 N–H and O–H groups in total. The van der Waals surface area contributed by atoms with Crippen LogP contribution < -0.4 is 9.79 Å². The second-order valence-electron chi connectivity index (χ2n) is 9.80. The van der Waals surface area contributed by atoms with E-state index in [4.69, 9.17) is 14.8 Å². The van der Waals surface area contributed by atoms with Crippen molar-refractivity contribution in [2.24, 2.45) is 4.99 Å². The van der Waals surface area contributed by atoms with E-state index in [2.05, 4.69) is 4.98 Å². The molecule has 0 bridgehead atoms. The Balaban J connectivity index is 1.57. The molecule has 40 heavy (non-hydrogen) atoms. The highest BCUT2D eigenvalue weighted by Gasteiger charge is 2.23. The van der Waals surface area contributed by atoms with Crippen molar-refractivity contribution in [1.29, 1.82) is 0 Å². The van der Waals surface area contributed by atoms with Crippen molar-refractivity contribution in [1.82, 2.24) is 9.88 Å². The largest absolute Gasteiger partial charge is 0.494 e. The lowest BCUT2D eigenvalue weighted by molar-refractivity contribution is -0.384. The summed E-state index contributed by atoms with van der Waals surface area (Å²) in [6.45, 7) is 1.11. The fourth-order valence-electron chi connectivity index (χ4n) is 4.54. The third kappa shape index (κ3) is 5.51. The van der Waals surface area contributed by atoms with Crippen molar-refractivity contribution >= 4 is 39.6 Å². The van der Waals surface area contributed by atoms with Gasteiger partial charge in [-0.15, -0.1) is 0 Å². The number of non-ortho nitro benzene ring substituents is 1. The van der Waals surface area contributed by atoms with Crippen molar-refractivity contribution in [2.45, 2.75) is 12.8 Å². The molecule has 0 aliphatic carbocycles. The minimum Gasteiger partial charge on any atom is -0.494 e. The molecular weight excluding hydrogens is 514 g/mol. The number of carbonyl (C=O) groups is 1. The molecule has 1 amide bonds. The van der Waals surface area contributed by atoms with E-state index in [0.29, 0.717) is 65.2 Å². The molecule has 0 saturated heterocycles. The molecule has 3 aromatic carbocycles. The molecule has 0 saturated carbocycles. The monoisotopic (exact) mass is 543 g/mol. The van der Waals surface area contributed by atoms with Crippen LogP contribution >= 0.6 is 0 Å². The summed E-state index contributed by atoms with van der Waals surface area (Å²) in [4.78, 5) is 45.3. The standard InChI is InChI=1S/C29H29N5O6/c1-32(2)14-12-26(35)33(3)21-8-6-20(7-9-21)30-28(19-5-4-18-13-15-39-40-25(18)16-19)27-23-11-10-22(34(37)38)17-24(23)31-29(27)36/h4-11,16-17,31,36H,12-15H2,1-3H3. The Morgan fingerprint density at radius 2 is 1.88 bits per heavy atom. The van der Waals surface area contributed by atoms with E-state index < -0.39 is 4.92 Å². The summed E-state index contributed by atoms with van der Waals surface area (Å²) in [5.41, 5.74) is 4.07. The van der Waals surface area contributed by atoms with Gasteiger partial charge in [-0.2, -0.15) is 4.89 Å². The number of nitrogens with one attached hydrogen (secondary N) is 1. The summed E-state index contributed by atoms with van der Waals surface area (Å²) in [7, 11) is 5.58. The first kappa shape index (κ1) is 26.9. The number of aromatic amines is 1. The Labute approximate surface area is 230 Å². The van der Waals surface area contributed by atoms with Crippen LogP contribution in [0, 0.1) is 10.1 Å². The molecule has 2 heterocycles. The summed E-state index contributed by atoms with van der Waals surface area (Å²) >= 11 is 0. The topological polar surface area (TPSA) is 134 Å². The Kier molecular flexibility index (Phi) is 7.50. The van der Waals surface area contributed by atoms with Crippen LogP contribution in [0.2, 0.25) is 0 Å². The van der Waals surface area contributed by atoms with Gasteiger partial charge in [-0.05, 0) is 50.5 Å². The number of nitrogens with zero attached hydrogens (tertiary/aromatic N) is 4. The predicted molar refractivity (Wildman–Crippen MR) is 152 cm³/mol. The first-order valence-electron chi connectivity index (χ1n) is 12.7. The number of rotatable bonds is 8.